The average Bonchev–Trinajstić information content (AvgIpc) is 2.41. The number of hydrogen-bond acceptors (Lipinski definition) is 6. The third-order valence-electron chi connectivity index (χ3n) is 6.47. The highest BCUT2D eigenvalue weighted by Gasteiger charge is 2.56. The fraction of sp³-hybridized carbons (Fsp3) is 0.688. The number of carbonyl (C=O) groups is 1. The zero-order valence-electron chi connectivity index (χ0n) is 18.8. The molecule has 1 aromatic rings. The summed E-state index contributed by atoms with van der Waals surface area (Å²) in [7, 11) is 10.4. The van der Waals surface area contributed by atoms with E-state index in [2.05, 4.69) is 58.9 Å². The van der Waals surface area contributed by atoms with Gasteiger partial charge < -0.3 is 21.5 Å². The summed E-state index contributed by atoms with van der Waals surface area (Å²) in [5, 5.41) is 17.4. The van der Waals surface area contributed by atoms with E-state index in [1.807, 2.05) is 28.6 Å². The Morgan fingerprint density at radius 2 is 1.79 bits per heavy atom. The fourth-order valence-corrected chi connectivity index (χ4v) is 4.19. The van der Waals surface area contributed by atoms with Gasteiger partial charge in [-0.05, 0) is 37.9 Å². The molecule has 0 spiro atoms. The van der Waals surface area contributed by atoms with Gasteiger partial charge in [-0.25, -0.2) is 4.98 Å². The molecule has 0 aromatic carbocycles. The van der Waals surface area contributed by atoms with Gasteiger partial charge in [0, 0.05) is 17.2 Å². The molecule has 1 heterocycles. The molecule has 5 N–H and O–H groups in total. The van der Waals surface area contributed by atoms with Crippen LogP contribution in [-0.4, -0.2) is 76.7 Å². The van der Waals surface area contributed by atoms with Gasteiger partial charge in [-0.15, -0.1) is 0 Å². The molecular formula is C16H32B5N5O2. The summed E-state index contributed by atoms with van der Waals surface area (Å²) in [4.78, 5) is 20.8. The summed E-state index contributed by atoms with van der Waals surface area (Å²) in [5.41, 5.74) is 4.19. The summed E-state index contributed by atoms with van der Waals surface area (Å²) < 4.78 is 0. The molecule has 0 radical (unpaired) electrons. The molecule has 1 fully saturated rings. The highest BCUT2D eigenvalue weighted by molar-refractivity contribution is 6.47. The monoisotopic (exact) mass is 381 g/mol. The number of nitrogens with one attached hydrogen (secondary N) is 2. The van der Waals surface area contributed by atoms with Gasteiger partial charge in [-0.1, -0.05) is 18.6 Å². The molecule has 2 rings (SSSR count). The molecule has 12 heteroatoms. The number of carbonyl (C=O) groups excluding carboxylic acids is 1. The molecule has 0 bridgehead atoms. The van der Waals surface area contributed by atoms with Gasteiger partial charge in [0.1, 0.15) is 45.0 Å². The Bertz CT molecular complexity index is 781. The van der Waals surface area contributed by atoms with Crippen LogP contribution in [0.1, 0.15) is 50.9 Å². The van der Waals surface area contributed by atoms with Gasteiger partial charge >= 0.3 is 0 Å². The molecule has 148 valence electrons. The first-order chi connectivity index (χ1) is 12.4. The van der Waals surface area contributed by atoms with E-state index in [4.69, 9.17) is 5.73 Å². The summed E-state index contributed by atoms with van der Waals surface area (Å²) in [6, 6.07) is 0. The van der Waals surface area contributed by atoms with E-state index in [-0.39, 0.29) is 21.6 Å². The lowest BCUT2D eigenvalue weighted by atomic mass is 9.26. The number of nitrogens with two attached hydrogens (primary N) is 1. The van der Waals surface area contributed by atoms with Crippen molar-refractivity contribution >= 4 is 56.9 Å². The van der Waals surface area contributed by atoms with Crippen LogP contribution in [0, 0.1) is 0 Å². The minimum absolute atomic E-state index is 0.170. The van der Waals surface area contributed by atoms with Gasteiger partial charge in [0.05, 0.1) is 5.56 Å². The van der Waals surface area contributed by atoms with Crippen molar-refractivity contribution in [2.75, 3.05) is 10.6 Å². The van der Waals surface area contributed by atoms with Crippen molar-refractivity contribution < 1.29 is 9.90 Å². The number of aliphatic hydroxyl groups is 1. The van der Waals surface area contributed by atoms with E-state index in [9.17, 15) is 9.90 Å². The van der Waals surface area contributed by atoms with Gasteiger partial charge in [0.2, 0.25) is 5.95 Å². The van der Waals surface area contributed by atoms with Crippen molar-refractivity contribution in [1.82, 2.24) is 9.97 Å². The van der Waals surface area contributed by atoms with Crippen molar-refractivity contribution in [2.24, 2.45) is 5.73 Å². The van der Waals surface area contributed by atoms with Gasteiger partial charge in [-0.2, -0.15) is 4.98 Å². The van der Waals surface area contributed by atoms with E-state index < -0.39 is 16.8 Å². The molecule has 0 aliphatic heterocycles. The smallest absolute Gasteiger partial charge is 0.254 e. The molecule has 1 saturated carbocycles. The van der Waals surface area contributed by atoms with Gasteiger partial charge in [0.25, 0.3) is 5.91 Å². The molecule has 3 atom stereocenters. The molecule has 1 aliphatic rings. The second kappa shape index (κ2) is 6.75. The largest absolute Gasteiger partial charge is 0.399 e. The zero-order chi connectivity index (χ0) is 21.8. The third-order valence-corrected chi connectivity index (χ3v) is 6.47. The lowest BCUT2D eigenvalue weighted by Crippen LogP contribution is -2.64. The standard InChI is InChI=1S/C16H32B5N5O2/c1-12(2,3)26-11-23-5-8(9(22)27)10(24-11)25-15(20)7-16(21,28)13(4,17)6-14(15,18)19/h5,28H,6-7,17-21H2,1-4H3,(H2,22,27)(H2,23,24,25,26). The third kappa shape index (κ3) is 4.37. The first-order valence-electron chi connectivity index (χ1n) is 9.85. The van der Waals surface area contributed by atoms with Gasteiger partial charge in [0.15, 0.2) is 0 Å². The summed E-state index contributed by atoms with van der Waals surface area (Å²) in [6.45, 7) is 8.13. The molecule has 3 unspecified atom stereocenters. The highest BCUT2D eigenvalue weighted by Crippen LogP contribution is 2.58. The Labute approximate surface area is 172 Å². The fourth-order valence-electron chi connectivity index (χ4n) is 4.19. The topological polar surface area (TPSA) is 113 Å². The molecule has 1 aliphatic carbocycles. The number of aromatic nitrogens is 2. The molecular weight excluding hydrogens is 348 g/mol. The SMILES string of the molecule is BC1(B)CC(B)(C)C(B)(O)CC1(B)Nc1nc(NC(C)(C)C)ncc1C(N)=O. The average molecular weight is 381 g/mol. The van der Waals surface area contributed by atoms with Crippen LogP contribution in [0.5, 0.6) is 0 Å². The van der Waals surface area contributed by atoms with Crippen molar-refractivity contribution in [1.29, 1.82) is 0 Å². The second-order valence-corrected chi connectivity index (χ2v) is 11.0. The van der Waals surface area contributed by atoms with E-state index in [0.717, 1.165) is 6.42 Å². The zero-order valence-corrected chi connectivity index (χ0v) is 18.8. The maximum Gasteiger partial charge on any atom is 0.254 e. The van der Waals surface area contributed by atoms with Crippen LogP contribution < -0.4 is 16.4 Å². The summed E-state index contributed by atoms with van der Waals surface area (Å²) >= 11 is 0. The Kier molecular flexibility index (Phi) is 5.48. The normalized spacial score (nSPS) is 32.5. The van der Waals surface area contributed by atoms with E-state index in [1.165, 1.54) is 6.20 Å². The predicted octanol–water partition coefficient (Wildman–Crippen LogP) is -3.16. The Morgan fingerprint density at radius 3 is 2.29 bits per heavy atom. The van der Waals surface area contributed by atoms with Crippen LogP contribution in [0.25, 0.3) is 0 Å². The number of rotatable bonds is 4. The lowest BCUT2D eigenvalue weighted by Gasteiger charge is -2.61. The number of anilines is 2. The first kappa shape index (κ1) is 22.7. The van der Waals surface area contributed by atoms with Crippen LogP contribution in [0.4, 0.5) is 11.8 Å². The first-order valence-corrected chi connectivity index (χ1v) is 9.85. The number of primary amides is 1. The van der Waals surface area contributed by atoms with Gasteiger partial charge in [-0.3, -0.25) is 4.79 Å². The summed E-state index contributed by atoms with van der Waals surface area (Å²) in [6.07, 6.45) is 2.76. The van der Waals surface area contributed by atoms with Crippen LogP contribution >= 0.6 is 0 Å². The molecule has 28 heavy (non-hydrogen) atoms. The molecule has 1 amide bonds. The second-order valence-electron chi connectivity index (χ2n) is 11.0. The minimum Gasteiger partial charge on any atom is -0.399 e. The van der Waals surface area contributed by atoms with E-state index in [0.29, 0.717) is 18.2 Å². The summed E-state index contributed by atoms with van der Waals surface area (Å²) in [5.74, 6) is 0.221. The Balaban J connectivity index is 2.49. The number of amides is 1. The Morgan fingerprint density at radius 1 is 1.21 bits per heavy atom. The van der Waals surface area contributed by atoms with Crippen molar-refractivity contribution in [3.63, 3.8) is 0 Å². The van der Waals surface area contributed by atoms with Crippen molar-refractivity contribution in [2.45, 2.75) is 67.5 Å². The van der Waals surface area contributed by atoms with Crippen molar-refractivity contribution in [3.05, 3.63) is 11.8 Å². The van der Waals surface area contributed by atoms with Crippen molar-refractivity contribution in [3.8, 4) is 0 Å². The highest BCUT2D eigenvalue weighted by atomic mass is 16.3. The van der Waals surface area contributed by atoms with Crippen LogP contribution in [0.3, 0.4) is 0 Å². The van der Waals surface area contributed by atoms with E-state index in [1.54, 1.807) is 0 Å². The van der Waals surface area contributed by atoms with Crippen LogP contribution in [0.2, 0.25) is 10.5 Å². The lowest BCUT2D eigenvalue weighted by molar-refractivity contribution is 0.0296. The molecule has 1 aromatic heterocycles. The maximum atomic E-state index is 12.0. The minimum atomic E-state index is -0.878. The van der Waals surface area contributed by atoms with E-state index >= 15 is 0 Å². The number of nitrogens with zero attached hydrogens (tertiary/aromatic N) is 2. The Hall–Kier alpha value is -1.57. The molecule has 7 nitrogen and oxygen atoms in total. The maximum absolute atomic E-state index is 12.0. The van der Waals surface area contributed by atoms with Crippen LogP contribution in [0.15, 0.2) is 6.20 Å². The molecule has 0 saturated heterocycles. The predicted molar refractivity (Wildman–Crippen MR) is 128 cm³/mol. The number of hydrogen-bond donors (Lipinski definition) is 4. The quantitative estimate of drug-likeness (QED) is 0.410. The van der Waals surface area contributed by atoms with Crippen LogP contribution in [-0.2, 0) is 0 Å².